The zero-order chi connectivity index (χ0) is 22.8. The molecule has 7 nitrogen and oxygen atoms in total. The van der Waals surface area contributed by atoms with Gasteiger partial charge in [-0.3, -0.25) is 9.59 Å². The monoisotopic (exact) mass is 449 g/mol. The Morgan fingerprint density at radius 1 is 1.09 bits per heavy atom. The third-order valence-electron chi connectivity index (χ3n) is 4.74. The fraction of sp³-hybridized carbons (Fsp3) is 0.250. The number of hydrogen-bond donors (Lipinski definition) is 2. The number of nitrogens with one attached hydrogen (secondary N) is 2. The molecule has 0 radical (unpaired) electrons. The van der Waals surface area contributed by atoms with Crippen molar-refractivity contribution in [3.63, 3.8) is 0 Å². The molecule has 0 saturated carbocycles. The summed E-state index contributed by atoms with van der Waals surface area (Å²) >= 11 is 1.31. The number of nitrogens with zero attached hydrogens (tertiary/aromatic N) is 3. The number of benzene rings is 2. The summed E-state index contributed by atoms with van der Waals surface area (Å²) in [5.74, 6) is 0.597. The van der Waals surface area contributed by atoms with Crippen molar-refractivity contribution in [1.82, 2.24) is 25.4 Å². The lowest BCUT2D eigenvalue weighted by molar-refractivity contribution is -0.118. The summed E-state index contributed by atoms with van der Waals surface area (Å²) in [7, 11) is 0. The van der Waals surface area contributed by atoms with Gasteiger partial charge in [0.2, 0.25) is 5.91 Å². The van der Waals surface area contributed by atoms with Gasteiger partial charge in [0, 0.05) is 18.7 Å². The van der Waals surface area contributed by atoms with Gasteiger partial charge in [-0.2, -0.15) is 0 Å². The van der Waals surface area contributed by atoms with E-state index >= 15 is 0 Å². The lowest BCUT2D eigenvalue weighted by atomic mass is 10.1. The first kappa shape index (κ1) is 23.3. The molecule has 2 amide bonds. The molecule has 3 aromatic rings. The summed E-state index contributed by atoms with van der Waals surface area (Å²) in [6.45, 7) is 6.71. The molecule has 0 unspecified atom stereocenters. The smallest absolute Gasteiger partial charge is 0.251 e. The van der Waals surface area contributed by atoms with Crippen LogP contribution in [0.4, 0.5) is 0 Å². The van der Waals surface area contributed by atoms with E-state index in [1.165, 1.54) is 17.3 Å². The summed E-state index contributed by atoms with van der Waals surface area (Å²) in [4.78, 5) is 24.7. The molecule has 0 spiro atoms. The number of allylic oxidation sites excluding steroid dienone is 1. The lowest BCUT2D eigenvalue weighted by Gasteiger charge is -2.15. The third-order valence-corrected chi connectivity index (χ3v) is 5.71. The number of amides is 2. The zero-order valence-electron chi connectivity index (χ0n) is 18.0. The molecule has 2 aromatic carbocycles. The summed E-state index contributed by atoms with van der Waals surface area (Å²) in [6.07, 6.45) is 2.52. The summed E-state index contributed by atoms with van der Waals surface area (Å²) in [6, 6.07) is 18.7. The van der Waals surface area contributed by atoms with E-state index in [1.807, 2.05) is 60.0 Å². The van der Waals surface area contributed by atoms with Gasteiger partial charge in [-0.15, -0.1) is 16.8 Å². The molecule has 1 aromatic heterocycles. The van der Waals surface area contributed by atoms with Gasteiger partial charge in [0.15, 0.2) is 11.0 Å². The Morgan fingerprint density at radius 2 is 1.78 bits per heavy atom. The van der Waals surface area contributed by atoms with Gasteiger partial charge >= 0.3 is 0 Å². The van der Waals surface area contributed by atoms with Gasteiger partial charge < -0.3 is 15.2 Å². The predicted molar refractivity (Wildman–Crippen MR) is 126 cm³/mol. The lowest BCUT2D eigenvalue weighted by Crippen LogP contribution is -2.29. The van der Waals surface area contributed by atoms with Crippen molar-refractivity contribution in [2.75, 3.05) is 12.3 Å². The van der Waals surface area contributed by atoms with Crippen LogP contribution in [0, 0.1) is 0 Å². The van der Waals surface area contributed by atoms with Crippen LogP contribution in [-0.2, 0) is 17.8 Å². The van der Waals surface area contributed by atoms with E-state index in [4.69, 9.17) is 0 Å². The van der Waals surface area contributed by atoms with Crippen LogP contribution in [0.5, 0.6) is 0 Å². The Bertz CT molecular complexity index is 1040. The van der Waals surface area contributed by atoms with E-state index in [0.29, 0.717) is 29.6 Å². The second-order valence-corrected chi connectivity index (χ2v) is 8.12. The summed E-state index contributed by atoms with van der Waals surface area (Å²) < 4.78 is 1.87. The highest BCUT2D eigenvalue weighted by Gasteiger charge is 2.20. The first-order valence-electron chi connectivity index (χ1n) is 10.4. The molecular weight excluding hydrogens is 422 g/mol. The minimum absolute atomic E-state index is 0.0638. The van der Waals surface area contributed by atoms with Crippen LogP contribution in [0.25, 0.3) is 0 Å². The number of aromatic nitrogens is 3. The average molecular weight is 450 g/mol. The van der Waals surface area contributed by atoms with Gasteiger partial charge in [0.1, 0.15) is 0 Å². The maximum atomic E-state index is 12.5. The fourth-order valence-corrected chi connectivity index (χ4v) is 3.92. The largest absolute Gasteiger partial charge is 0.355 e. The molecule has 0 bridgehead atoms. The molecule has 0 fully saturated rings. The van der Waals surface area contributed by atoms with Crippen molar-refractivity contribution < 1.29 is 9.59 Å². The van der Waals surface area contributed by atoms with Crippen LogP contribution in [0.15, 0.2) is 78.5 Å². The van der Waals surface area contributed by atoms with Gasteiger partial charge in [-0.1, -0.05) is 66.4 Å². The highest BCUT2D eigenvalue weighted by Crippen LogP contribution is 2.21. The van der Waals surface area contributed by atoms with E-state index in [0.717, 1.165) is 6.42 Å². The topological polar surface area (TPSA) is 88.9 Å². The predicted octanol–water partition coefficient (Wildman–Crippen LogP) is 3.41. The van der Waals surface area contributed by atoms with Crippen LogP contribution in [0.3, 0.4) is 0 Å². The maximum Gasteiger partial charge on any atom is 0.251 e. The number of carbonyl (C=O) groups excluding carboxylic acids is 2. The van der Waals surface area contributed by atoms with Crippen LogP contribution >= 0.6 is 11.8 Å². The summed E-state index contributed by atoms with van der Waals surface area (Å²) in [5, 5.41) is 15.0. The quantitative estimate of drug-likeness (QED) is 0.346. The van der Waals surface area contributed by atoms with Crippen LogP contribution < -0.4 is 10.6 Å². The normalized spacial score (nSPS) is 11.5. The molecule has 0 aliphatic carbocycles. The zero-order valence-corrected chi connectivity index (χ0v) is 18.8. The second kappa shape index (κ2) is 11.9. The van der Waals surface area contributed by atoms with Crippen molar-refractivity contribution >= 4 is 23.6 Å². The minimum atomic E-state index is -0.357. The van der Waals surface area contributed by atoms with Crippen molar-refractivity contribution in [1.29, 1.82) is 0 Å². The van der Waals surface area contributed by atoms with Crippen molar-refractivity contribution in [3.05, 3.63) is 90.3 Å². The van der Waals surface area contributed by atoms with E-state index in [2.05, 4.69) is 27.4 Å². The number of hydrogen-bond acceptors (Lipinski definition) is 5. The Balaban J connectivity index is 1.55. The highest BCUT2D eigenvalue weighted by molar-refractivity contribution is 7.99. The molecular formula is C24H27N5O2S. The Morgan fingerprint density at radius 3 is 2.47 bits per heavy atom. The Labute approximate surface area is 192 Å². The van der Waals surface area contributed by atoms with E-state index < -0.39 is 0 Å². The molecule has 0 saturated heterocycles. The molecule has 0 aliphatic rings. The molecule has 166 valence electrons. The first-order valence-corrected chi connectivity index (χ1v) is 11.4. The van der Waals surface area contributed by atoms with Gasteiger partial charge in [0.05, 0.1) is 11.8 Å². The number of rotatable bonds is 11. The maximum absolute atomic E-state index is 12.5. The molecule has 1 heterocycles. The highest BCUT2D eigenvalue weighted by atomic mass is 32.2. The van der Waals surface area contributed by atoms with Crippen molar-refractivity contribution in [2.24, 2.45) is 0 Å². The molecule has 3 rings (SSSR count). The van der Waals surface area contributed by atoms with Crippen LogP contribution in [-0.4, -0.2) is 38.9 Å². The van der Waals surface area contributed by atoms with Crippen LogP contribution in [0.1, 0.15) is 34.7 Å². The SMILES string of the molecule is C=CCn1c(SCC(=O)NCCc2ccccc2)nnc1[C@H](C)NC(=O)c1ccccc1. The van der Waals surface area contributed by atoms with E-state index in [1.54, 1.807) is 18.2 Å². The van der Waals surface area contributed by atoms with Gasteiger partial charge in [-0.05, 0) is 31.0 Å². The van der Waals surface area contributed by atoms with E-state index in [9.17, 15) is 9.59 Å². The number of thioether (sulfide) groups is 1. The summed E-state index contributed by atoms with van der Waals surface area (Å²) in [5.41, 5.74) is 1.76. The fourth-order valence-electron chi connectivity index (χ4n) is 3.13. The van der Waals surface area contributed by atoms with E-state index in [-0.39, 0.29) is 23.6 Å². The molecule has 1 atom stereocenters. The van der Waals surface area contributed by atoms with Gasteiger partial charge in [0.25, 0.3) is 5.91 Å². The molecule has 0 aliphatic heterocycles. The minimum Gasteiger partial charge on any atom is -0.355 e. The Kier molecular flexibility index (Phi) is 8.62. The third kappa shape index (κ3) is 6.55. The van der Waals surface area contributed by atoms with Crippen LogP contribution in [0.2, 0.25) is 0 Å². The van der Waals surface area contributed by atoms with Gasteiger partial charge in [-0.25, -0.2) is 0 Å². The molecule has 2 N–H and O–H groups in total. The second-order valence-electron chi connectivity index (χ2n) is 7.18. The molecule has 32 heavy (non-hydrogen) atoms. The Hall–Kier alpha value is -3.39. The van der Waals surface area contributed by atoms with Crippen molar-refractivity contribution in [2.45, 2.75) is 31.1 Å². The average Bonchev–Trinajstić information content (AvgIpc) is 3.22. The standard InChI is InChI=1S/C24H27N5O2S/c1-3-16-29-22(18(2)26-23(31)20-12-8-5-9-13-20)27-28-24(29)32-17-21(30)25-15-14-19-10-6-4-7-11-19/h3-13,18H,1,14-17H2,2H3,(H,25,30)(H,26,31)/t18-/m0/s1. The first-order chi connectivity index (χ1) is 15.6. The molecule has 8 heteroatoms. The number of carbonyl (C=O) groups is 2. The van der Waals surface area contributed by atoms with Crippen molar-refractivity contribution in [3.8, 4) is 0 Å².